The molecule has 224 valence electrons. The number of rotatable bonds is 9. The summed E-state index contributed by atoms with van der Waals surface area (Å²) in [6.07, 6.45) is -6.42. The van der Waals surface area contributed by atoms with E-state index in [1.54, 1.807) is 6.07 Å². The summed E-state index contributed by atoms with van der Waals surface area (Å²) in [6.45, 7) is -3.16. The van der Waals surface area contributed by atoms with Crippen molar-refractivity contribution in [1.29, 1.82) is 0 Å². The minimum Gasteiger partial charge on any atom is -0.484 e. The van der Waals surface area contributed by atoms with E-state index in [1.807, 2.05) is 0 Å². The van der Waals surface area contributed by atoms with Crippen molar-refractivity contribution in [3.63, 3.8) is 0 Å². The van der Waals surface area contributed by atoms with E-state index in [4.69, 9.17) is 11.6 Å². The molecule has 17 heteroatoms. The second-order valence-corrected chi connectivity index (χ2v) is 13.2. The highest BCUT2D eigenvalue weighted by molar-refractivity contribution is 9.10. The summed E-state index contributed by atoms with van der Waals surface area (Å²) in [4.78, 5) is 32.1. The van der Waals surface area contributed by atoms with E-state index >= 15 is 0 Å². The number of amides is 1. The van der Waals surface area contributed by atoms with Crippen molar-refractivity contribution in [2.24, 2.45) is 0 Å². The molecule has 4 rings (SSSR count). The van der Waals surface area contributed by atoms with Crippen LogP contribution < -0.4 is 4.74 Å². The van der Waals surface area contributed by atoms with Gasteiger partial charge in [-0.3, -0.25) is 14.7 Å². The van der Waals surface area contributed by atoms with Crippen LogP contribution in [0.5, 0.6) is 5.75 Å². The predicted molar refractivity (Wildman–Crippen MR) is 138 cm³/mol. The number of carboxylic acids is 1. The van der Waals surface area contributed by atoms with Gasteiger partial charge in [0.15, 0.2) is 16.4 Å². The fourth-order valence-corrected chi connectivity index (χ4v) is 7.48. The van der Waals surface area contributed by atoms with Crippen LogP contribution in [0.1, 0.15) is 12.1 Å². The summed E-state index contributed by atoms with van der Waals surface area (Å²) in [5, 5.41) is 8.00. The van der Waals surface area contributed by atoms with Crippen molar-refractivity contribution in [1.82, 2.24) is 14.8 Å². The number of sulfone groups is 1. The first-order valence-electron chi connectivity index (χ1n) is 11.9. The maximum atomic E-state index is 13.9. The summed E-state index contributed by atoms with van der Waals surface area (Å²) in [5.41, 5.74) is -1.28. The topological polar surface area (TPSA) is 117 Å². The third kappa shape index (κ3) is 6.60. The molecular weight excluding hydrogens is 669 g/mol. The number of carbonyl (C=O) groups is 2. The number of aliphatic carboxylic acids is 1. The summed E-state index contributed by atoms with van der Waals surface area (Å²) < 4.78 is 95.5. The molecule has 1 aromatic heterocycles. The third-order valence-electron chi connectivity index (χ3n) is 6.87. The number of halogens is 7. The van der Waals surface area contributed by atoms with Gasteiger partial charge in [0.25, 0.3) is 6.43 Å². The van der Waals surface area contributed by atoms with E-state index in [2.05, 4.69) is 25.7 Å². The number of ether oxygens (including phenoxy) is 1. The number of benzene rings is 1. The van der Waals surface area contributed by atoms with E-state index < -0.39 is 87.1 Å². The van der Waals surface area contributed by atoms with Crippen LogP contribution in [0.25, 0.3) is 0 Å². The normalized spacial score (nSPS) is 21.1. The summed E-state index contributed by atoms with van der Waals surface area (Å²) in [6, 6.07) is 4.36. The molecule has 0 spiro atoms. The molecular formula is C24H22BrClF5N3O6S. The summed E-state index contributed by atoms with van der Waals surface area (Å²) >= 11 is 9.31. The minimum absolute atomic E-state index is 0.184. The Morgan fingerprint density at radius 3 is 2.44 bits per heavy atom. The zero-order chi connectivity index (χ0) is 30.3. The van der Waals surface area contributed by atoms with E-state index in [0.29, 0.717) is 4.47 Å². The lowest BCUT2D eigenvalue weighted by Gasteiger charge is -2.50. The molecule has 41 heavy (non-hydrogen) atoms. The Balaban J connectivity index is 1.62. The van der Waals surface area contributed by atoms with Gasteiger partial charge in [-0.15, -0.1) is 0 Å². The Bertz CT molecular complexity index is 1420. The fourth-order valence-electron chi connectivity index (χ4n) is 5.01. The number of likely N-dealkylation sites (tertiary alicyclic amines) is 2. The lowest BCUT2D eigenvalue weighted by Crippen LogP contribution is -2.68. The number of hydrogen-bond acceptors (Lipinski definition) is 7. The Morgan fingerprint density at radius 1 is 1.22 bits per heavy atom. The van der Waals surface area contributed by atoms with Gasteiger partial charge in [-0.25, -0.2) is 22.0 Å². The SMILES string of the molecule is O=C(O)C1CC(S(=O)(=O)c2ccc(OCC(F)(F)F)cc2Cl)CN1C(=O)C1(c2ccc(Br)cn2)CN(CC(F)F)C1. The molecule has 2 saturated heterocycles. The number of pyridine rings is 1. The average Bonchev–Trinajstić information content (AvgIpc) is 3.31. The Morgan fingerprint density at radius 2 is 1.90 bits per heavy atom. The second kappa shape index (κ2) is 11.6. The Labute approximate surface area is 244 Å². The standard InChI is InChI=1S/C24H22BrClF5N3O6S/c25-13-1-4-19(32-7-13)23(10-33(11-23)9-20(27)28)22(37)34-8-15(6-17(34)21(35)36)41(38,39)18-3-2-14(5-16(18)26)40-12-24(29,30)31/h1-5,7,15,17,20H,6,8-12H2,(H,35,36). The molecule has 0 saturated carbocycles. The largest absolute Gasteiger partial charge is 0.484 e. The average molecular weight is 691 g/mol. The minimum atomic E-state index is -4.64. The first-order valence-corrected chi connectivity index (χ1v) is 14.6. The molecule has 0 bridgehead atoms. The molecule has 1 N–H and O–H groups in total. The molecule has 2 aromatic rings. The predicted octanol–water partition coefficient (Wildman–Crippen LogP) is 3.79. The van der Waals surface area contributed by atoms with Crippen molar-refractivity contribution < 1.29 is 49.8 Å². The number of carbonyl (C=O) groups excluding carboxylic acids is 1. The lowest BCUT2D eigenvalue weighted by atomic mass is 9.74. The van der Waals surface area contributed by atoms with Crippen molar-refractivity contribution in [2.45, 2.75) is 40.6 Å². The number of hydrogen-bond donors (Lipinski definition) is 1. The second-order valence-electron chi connectivity index (χ2n) is 9.71. The molecule has 1 amide bonds. The molecule has 0 aliphatic carbocycles. The van der Waals surface area contributed by atoms with Gasteiger partial charge >= 0.3 is 12.1 Å². The zero-order valence-corrected chi connectivity index (χ0v) is 24.0. The van der Waals surface area contributed by atoms with Gasteiger partial charge in [0.1, 0.15) is 17.2 Å². The van der Waals surface area contributed by atoms with Gasteiger partial charge in [-0.05, 0) is 46.6 Å². The molecule has 0 radical (unpaired) electrons. The molecule has 1 aromatic carbocycles. The van der Waals surface area contributed by atoms with Crippen LogP contribution in [-0.2, 0) is 24.8 Å². The van der Waals surface area contributed by atoms with Crippen molar-refractivity contribution >= 4 is 49.2 Å². The Kier molecular flexibility index (Phi) is 8.88. The van der Waals surface area contributed by atoms with E-state index in [9.17, 15) is 45.1 Å². The summed E-state index contributed by atoms with van der Waals surface area (Å²) in [5.74, 6) is -2.58. The molecule has 2 unspecified atom stereocenters. The fraction of sp³-hybridized carbons (Fsp3) is 0.458. The quantitative estimate of drug-likeness (QED) is 0.396. The van der Waals surface area contributed by atoms with Gasteiger partial charge in [0.05, 0.1) is 27.4 Å². The smallest absolute Gasteiger partial charge is 0.422 e. The van der Waals surface area contributed by atoms with Crippen LogP contribution in [0.15, 0.2) is 45.9 Å². The lowest BCUT2D eigenvalue weighted by molar-refractivity contribution is -0.155. The van der Waals surface area contributed by atoms with Crippen molar-refractivity contribution in [3.05, 3.63) is 51.7 Å². The van der Waals surface area contributed by atoms with Gasteiger partial charge in [0, 0.05) is 36.4 Å². The molecule has 2 fully saturated rings. The van der Waals surface area contributed by atoms with Crippen molar-refractivity contribution in [2.75, 3.05) is 32.8 Å². The van der Waals surface area contributed by atoms with E-state index in [1.165, 1.54) is 17.2 Å². The van der Waals surface area contributed by atoms with Gasteiger partial charge in [-0.2, -0.15) is 13.2 Å². The van der Waals surface area contributed by atoms with Gasteiger partial charge in [0.2, 0.25) is 5.91 Å². The third-order valence-corrected chi connectivity index (χ3v) is 9.95. The molecule has 9 nitrogen and oxygen atoms in total. The molecule has 2 aliphatic rings. The van der Waals surface area contributed by atoms with Crippen LogP contribution in [0.3, 0.4) is 0 Å². The van der Waals surface area contributed by atoms with Gasteiger partial charge < -0.3 is 14.7 Å². The Hall–Kier alpha value is -2.56. The van der Waals surface area contributed by atoms with Crippen LogP contribution in [0.4, 0.5) is 22.0 Å². The number of alkyl halides is 5. The molecule has 2 atom stereocenters. The highest BCUT2D eigenvalue weighted by atomic mass is 79.9. The number of aromatic nitrogens is 1. The monoisotopic (exact) mass is 689 g/mol. The molecule has 3 heterocycles. The van der Waals surface area contributed by atoms with Crippen LogP contribution in [-0.4, -0.2) is 96.9 Å². The summed E-state index contributed by atoms with van der Waals surface area (Å²) in [7, 11) is -4.39. The van der Waals surface area contributed by atoms with Crippen LogP contribution >= 0.6 is 27.5 Å². The van der Waals surface area contributed by atoms with E-state index in [0.717, 1.165) is 23.1 Å². The van der Waals surface area contributed by atoms with E-state index in [-0.39, 0.29) is 24.5 Å². The first-order chi connectivity index (χ1) is 19.0. The zero-order valence-electron chi connectivity index (χ0n) is 20.8. The van der Waals surface area contributed by atoms with Crippen LogP contribution in [0, 0.1) is 0 Å². The number of nitrogens with zero attached hydrogens (tertiary/aromatic N) is 3. The maximum Gasteiger partial charge on any atom is 0.422 e. The highest BCUT2D eigenvalue weighted by Gasteiger charge is 2.57. The maximum absolute atomic E-state index is 13.9. The highest BCUT2D eigenvalue weighted by Crippen LogP contribution is 2.40. The van der Waals surface area contributed by atoms with Crippen LogP contribution in [0.2, 0.25) is 5.02 Å². The van der Waals surface area contributed by atoms with Gasteiger partial charge in [-0.1, -0.05) is 11.6 Å². The molecule has 2 aliphatic heterocycles. The first kappa shape index (κ1) is 31.4. The van der Waals surface area contributed by atoms with Crippen molar-refractivity contribution in [3.8, 4) is 5.75 Å². The number of carboxylic acid groups (broad SMARTS) is 1.